The summed E-state index contributed by atoms with van der Waals surface area (Å²) in [7, 11) is -1.23. The highest BCUT2D eigenvalue weighted by Gasteiger charge is 2.39. The molecule has 0 unspecified atom stereocenters. The van der Waals surface area contributed by atoms with Crippen LogP contribution in [0.2, 0.25) is 0 Å². The highest BCUT2D eigenvalue weighted by atomic mass is 32.3. The van der Waals surface area contributed by atoms with Crippen LogP contribution in [0.5, 0.6) is 11.5 Å². The van der Waals surface area contributed by atoms with Crippen LogP contribution < -0.4 is 9.47 Å². The Hall–Kier alpha value is -1.59. The average Bonchev–Trinajstić information content (AvgIpc) is 2.42. The molecule has 0 saturated heterocycles. The van der Waals surface area contributed by atoms with E-state index in [4.69, 9.17) is 14.2 Å². The molecule has 1 saturated carbocycles. The minimum absolute atomic E-state index is 0.0654. The van der Waals surface area contributed by atoms with Crippen LogP contribution in [0.3, 0.4) is 0 Å². The lowest BCUT2D eigenvalue weighted by Gasteiger charge is -2.49. The van der Waals surface area contributed by atoms with E-state index in [0.29, 0.717) is 12.8 Å². The van der Waals surface area contributed by atoms with E-state index in [1.165, 1.54) is 12.1 Å². The van der Waals surface area contributed by atoms with Gasteiger partial charge in [0.1, 0.15) is 17.9 Å². The lowest BCUT2D eigenvalue weighted by Crippen LogP contribution is -2.41. The zero-order valence-electron chi connectivity index (χ0n) is 15.5. The first kappa shape index (κ1) is 20.7. The van der Waals surface area contributed by atoms with Crippen molar-refractivity contribution in [1.29, 1.82) is 5.26 Å². The summed E-state index contributed by atoms with van der Waals surface area (Å²) in [5.41, 5.74) is -0.194. The van der Waals surface area contributed by atoms with Crippen molar-refractivity contribution in [2.45, 2.75) is 56.9 Å². The zero-order chi connectivity index (χ0) is 19.8. The van der Waals surface area contributed by atoms with Crippen LogP contribution in [0.25, 0.3) is 0 Å². The molecule has 0 atom stereocenters. The highest BCUT2D eigenvalue weighted by molar-refractivity contribution is 8.29. The molecule has 0 spiro atoms. The molecule has 0 amide bonds. The summed E-state index contributed by atoms with van der Waals surface area (Å²) >= 11 is 0. The van der Waals surface area contributed by atoms with E-state index in [-0.39, 0.29) is 28.3 Å². The number of nitriles is 1. The van der Waals surface area contributed by atoms with Crippen LogP contribution in [0.1, 0.15) is 39.2 Å². The summed E-state index contributed by atoms with van der Waals surface area (Å²) in [6.07, 6.45) is 0.728. The number of ether oxygens (including phenoxy) is 2. The van der Waals surface area contributed by atoms with Gasteiger partial charge in [0, 0.05) is 23.7 Å². The van der Waals surface area contributed by atoms with Gasteiger partial charge in [-0.25, -0.2) is 0 Å². The average molecular weight is 391 g/mol. The van der Waals surface area contributed by atoms with Crippen molar-refractivity contribution in [2.75, 3.05) is 12.5 Å². The topological polar surface area (TPSA) is 51.5 Å². The molecule has 1 aromatic carbocycles. The number of hydrogen-bond donors (Lipinski definition) is 0. The van der Waals surface area contributed by atoms with Crippen molar-refractivity contribution in [3.8, 4) is 17.6 Å². The Kier molecular flexibility index (Phi) is 5.74. The standard InChI is InChI=1S/C18H24F3NO3S/c1-17(2,3)26(4,5)25-15-8-14(9-15)23-13-7-6-12(11-22)16(10-13)24-18(19,20)21/h6-7,10,14-15H,8-9H2,1-5H3. The number of nitrogens with zero attached hydrogens (tertiary/aromatic N) is 1. The first-order valence-corrected chi connectivity index (χ1v) is 10.6. The van der Waals surface area contributed by atoms with E-state index in [1.807, 2.05) is 0 Å². The van der Waals surface area contributed by atoms with Gasteiger partial charge in [-0.15, -0.1) is 23.5 Å². The molecule has 0 N–H and O–H groups in total. The minimum atomic E-state index is -4.86. The molecule has 8 heteroatoms. The van der Waals surface area contributed by atoms with Crippen LogP contribution in [-0.4, -0.2) is 35.8 Å². The monoisotopic (exact) mass is 391 g/mol. The van der Waals surface area contributed by atoms with Crippen molar-refractivity contribution in [3.05, 3.63) is 23.8 Å². The SMILES string of the molecule is CC(C)(C)S(C)(C)OC1CC(Oc2ccc(C#N)c(OC(F)(F)F)c2)C1. The molecule has 1 fully saturated rings. The second kappa shape index (κ2) is 7.20. The van der Waals surface area contributed by atoms with Gasteiger partial charge in [-0.1, -0.05) is 20.8 Å². The van der Waals surface area contributed by atoms with Crippen molar-refractivity contribution >= 4 is 10.3 Å². The quantitative estimate of drug-likeness (QED) is 0.696. The van der Waals surface area contributed by atoms with Gasteiger partial charge in [-0.05, 0) is 24.6 Å². The summed E-state index contributed by atoms with van der Waals surface area (Å²) in [6.45, 7) is 6.44. The molecule has 146 valence electrons. The van der Waals surface area contributed by atoms with Gasteiger partial charge >= 0.3 is 6.36 Å². The maximum absolute atomic E-state index is 12.4. The number of benzene rings is 1. The van der Waals surface area contributed by atoms with Crippen LogP contribution in [-0.2, 0) is 4.18 Å². The number of alkyl halides is 3. The first-order chi connectivity index (χ1) is 11.8. The van der Waals surface area contributed by atoms with Crippen LogP contribution >= 0.6 is 10.3 Å². The molecule has 1 aromatic rings. The maximum atomic E-state index is 12.4. The van der Waals surface area contributed by atoms with Gasteiger partial charge in [0.15, 0.2) is 5.75 Å². The molecule has 0 heterocycles. The van der Waals surface area contributed by atoms with E-state index in [1.54, 1.807) is 6.07 Å². The van der Waals surface area contributed by atoms with E-state index in [9.17, 15) is 13.2 Å². The lowest BCUT2D eigenvalue weighted by atomic mass is 9.92. The molecule has 26 heavy (non-hydrogen) atoms. The Balaban J connectivity index is 1.95. The first-order valence-electron chi connectivity index (χ1n) is 8.18. The van der Waals surface area contributed by atoms with Crippen LogP contribution in [0.15, 0.2) is 18.2 Å². The molecule has 1 aliphatic rings. The molecule has 0 aromatic heterocycles. The van der Waals surface area contributed by atoms with E-state index < -0.39 is 22.4 Å². The second-order valence-corrected chi connectivity index (χ2v) is 11.5. The van der Waals surface area contributed by atoms with Crippen molar-refractivity contribution in [3.63, 3.8) is 0 Å². The van der Waals surface area contributed by atoms with E-state index in [2.05, 4.69) is 38.0 Å². The Morgan fingerprint density at radius 2 is 1.73 bits per heavy atom. The molecule has 0 aliphatic heterocycles. The Morgan fingerprint density at radius 3 is 2.23 bits per heavy atom. The second-order valence-electron chi connectivity index (χ2n) is 7.59. The van der Waals surface area contributed by atoms with Crippen molar-refractivity contribution in [1.82, 2.24) is 0 Å². The number of hydrogen-bond acceptors (Lipinski definition) is 4. The molecular weight excluding hydrogens is 367 g/mol. The predicted octanol–water partition coefficient (Wildman–Crippen LogP) is 5.16. The lowest BCUT2D eigenvalue weighted by molar-refractivity contribution is -0.274. The molecule has 4 nitrogen and oxygen atoms in total. The van der Waals surface area contributed by atoms with Gasteiger partial charge in [-0.2, -0.15) is 5.26 Å². The largest absolute Gasteiger partial charge is 0.573 e. The molecule has 1 aliphatic carbocycles. The third-order valence-electron chi connectivity index (χ3n) is 4.50. The van der Waals surface area contributed by atoms with Crippen molar-refractivity contribution in [2.24, 2.45) is 0 Å². The third-order valence-corrected chi connectivity index (χ3v) is 8.21. The normalized spacial score (nSPS) is 21.5. The minimum Gasteiger partial charge on any atom is -0.490 e. The summed E-state index contributed by atoms with van der Waals surface area (Å²) in [5, 5.41) is 8.90. The predicted molar refractivity (Wildman–Crippen MR) is 95.6 cm³/mol. The molecule has 2 rings (SSSR count). The fourth-order valence-corrected chi connectivity index (χ4v) is 3.37. The van der Waals surface area contributed by atoms with Gasteiger partial charge in [0.05, 0.1) is 11.7 Å². The molecular formula is C18H24F3NO3S. The van der Waals surface area contributed by atoms with E-state index in [0.717, 1.165) is 6.07 Å². The Labute approximate surface area is 153 Å². The zero-order valence-corrected chi connectivity index (χ0v) is 16.3. The number of rotatable bonds is 5. The van der Waals surface area contributed by atoms with Crippen molar-refractivity contribution < 1.29 is 26.8 Å². The summed E-state index contributed by atoms with van der Waals surface area (Å²) in [5.74, 6) is -0.308. The fourth-order valence-electron chi connectivity index (χ4n) is 2.25. The third kappa shape index (κ3) is 5.21. The Morgan fingerprint density at radius 1 is 1.12 bits per heavy atom. The van der Waals surface area contributed by atoms with Gasteiger partial charge in [0.2, 0.25) is 0 Å². The Bertz CT molecular complexity index is 686. The summed E-state index contributed by atoms with van der Waals surface area (Å²) < 4.78 is 53.2. The van der Waals surface area contributed by atoms with Gasteiger partial charge < -0.3 is 13.7 Å². The highest BCUT2D eigenvalue weighted by Crippen LogP contribution is 2.56. The maximum Gasteiger partial charge on any atom is 0.573 e. The van der Waals surface area contributed by atoms with Gasteiger partial charge in [0.25, 0.3) is 0 Å². The van der Waals surface area contributed by atoms with Crippen LogP contribution in [0.4, 0.5) is 13.2 Å². The summed E-state index contributed by atoms with van der Waals surface area (Å²) in [4.78, 5) is 0. The summed E-state index contributed by atoms with van der Waals surface area (Å²) in [6, 6.07) is 5.51. The number of halogens is 3. The van der Waals surface area contributed by atoms with Gasteiger partial charge in [-0.3, -0.25) is 0 Å². The van der Waals surface area contributed by atoms with Crippen LogP contribution in [0, 0.1) is 11.3 Å². The fraction of sp³-hybridized carbons (Fsp3) is 0.611. The van der Waals surface area contributed by atoms with E-state index >= 15 is 0 Å². The molecule has 0 bridgehead atoms. The smallest absolute Gasteiger partial charge is 0.490 e. The molecule has 0 radical (unpaired) electrons.